The van der Waals surface area contributed by atoms with Gasteiger partial charge in [-0.2, -0.15) is 0 Å². The van der Waals surface area contributed by atoms with E-state index in [1.807, 2.05) is 61.3 Å². The summed E-state index contributed by atoms with van der Waals surface area (Å²) in [6.45, 7) is 4.80. The van der Waals surface area contributed by atoms with Gasteiger partial charge in [0, 0.05) is 32.2 Å². The molecule has 2 N–H and O–H groups in total. The third kappa shape index (κ3) is 5.36. The van der Waals surface area contributed by atoms with Gasteiger partial charge in [0.1, 0.15) is 5.82 Å². The molecule has 164 valence electrons. The summed E-state index contributed by atoms with van der Waals surface area (Å²) in [6, 6.07) is 16.2. The van der Waals surface area contributed by atoms with Crippen molar-refractivity contribution in [3.8, 4) is 0 Å². The summed E-state index contributed by atoms with van der Waals surface area (Å²) in [6.07, 6.45) is 1.59. The number of hydrogen-bond donors (Lipinski definition) is 2. The fraction of sp³-hybridized carbons (Fsp3) is 0.348. The van der Waals surface area contributed by atoms with Gasteiger partial charge in [-0.15, -0.1) is 24.0 Å². The molecular weight excluding hydrogens is 503 g/mol. The first-order chi connectivity index (χ1) is 14.7. The molecule has 3 aromatic rings. The molecule has 1 amide bonds. The monoisotopic (exact) mass is 532 g/mol. The number of anilines is 1. The molecule has 2 aromatic carbocycles. The highest BCUT2D eigenvalue weighted by atomic mass is 127. The SMILES string of the molecule is CCNC(=NCc1ccc(N2CCCC2=O)cc1)NCc1nc2ccccc2n1C.I. The van der Waals surface area contributed by atoms with Gasteiger partial charge in [0.15, 0.2) is 5.96 Å². The van der Waals surface area contributed by atoms with E-state index in [0.717, 1.165) is 53.6 Å². The molecular formula is C23H29IN6O. The number of guanidine groups is 1. The quantitative estimate of drug-likeness (QED) is 0.289. The number of imidazole rings is 1. The van der Waals surface area contributed by atoms with E-state index in [-0.39, 0.29) is 29.9 Å². The number of nitrogens with zero attached hydrogens (tertiary/aromatic N) is 4. The number of benzene rings is 2. The van der Waals surface area contributed by atoms with Crippen LogP contribution in [0.1, 0.15) is 31.2 Å². The molecule has 31 heavy (non-hydrogen) atoms. The normalized spacial score (nSPS) is 14.1. The second-order valence-corrected chi connectivity index (χ2v) is 7.44. The van der Waals surface area contributed by atoms with Crippen molar-refractivity contribution >= 4 is 52.6 Å². The van der Waals surface area contributed by atoms with Crippen LogP contribution in [0.4, 0.5) is 5.69 Å². The molecule has 7 nitrogen and oxygen atoms in total. The Morgan fingerprint density at radius 2 is 1.90 bits per heavy atom. The summed E-state index contributed by atoms with van der Waals surface area (Å²) in [4.78, 5) is 23.2. The Kier molecular flexibility index (Phi) is 7.89. The van der Waals surface area contributed by atoms with Crippen LogP contribution in [-0.4, -0.2) is 34.5 Å². The first kappa shape index (κ1) is 23.1. The zero-order valence-corrected chi connectivity index (χ0v) is 20.3. The van der Waals surface area contributed by atoms with E-state index in [9.17, 15) is 4.79 Å². The number of fused-ring (bicyclic) bond motifs is 1. The number of aryl methyl sites for hydroxylation is 1. The van der Waals surface area contributed by atoms with Crippen LogP contribution >= 0.6 is 24.0 Å². The van der Waals surface area contributed by atoms with Crippen molar-refractivity contribution in [2.75, 3.05) is 18.0 Å². The maximum atomic E-state index is 11.9. The lowest BCUT2D eigenvalue weighted by Gasteiger charge is -2.16. The highest BCUT2D eigenvalue weighted by Crippen LogP contribution is 2.21. The van der Waals surface area contributed by atoms with Crippen molar-refractivity contribution in [1.29, 1.82) is 0 Å². The van der Waals surface area contributed by atoms with E-state index in [1.165, 1.54) is 0 Å². The van der Waals surface area contributed by atoms with Gasteiger partial charge in [-0.3, -0.25) is 4.79 Å². The molecule has 1 saturated heterocycles. The Morgan fingerprint density at radius 1 is 1.13 bits per heavy atom. The molecule has 0 saturated carbocycles. The summed E-state index contributed by atoms with van der Waals surface area (Å²) in [5.41, 5.74) is 4.19. The van der Waals surface area contributed by atoms with Gasteiger partial charge in [-0.05, 0) is 43.2 Å². The molecule has 1 aliphatic heterocycles. The fourth-order valence-corrected chi connectivity index (χ4v) is 3.73. The molecule has 0 radical (unpaired) electrons. The van der Waals surface area contributed by atoms with Crippen LogP contribution < -0.4 is 15.5 Å². The van der Waals surface area contributed by atoms with Crippen molar-refractivity contribution in [2.45, 2.75) is 32.9 Å². The number of carbonyl (C=O) groups excluding carboxylic acids is 1. The minimum Gasteiger partial charge on any atom is -0.357 e. The van der Waals surface area contributed by atoms with Crippen molar-refractivity contribution in [3.05, 3.63) is 59.9 Å². The molecule has 0 bridgehead atoms. The third-order valence-corrected chi connectivity index (χ3v) is 5.38. The van der Waals surface area contributed by atoms with E-state index in [1.54, 1.807) is 0 Å². The van der Waals surface area contributed by atoms with Crippen LogP contribution in [0, 0.1) is 0 Å². The predicted molar refractivity (Wildman–Crippen MR) is 136 cm³/mol. The molecule has 0 spiro atoms. The van der Waals surface area contributed by atoms with Crippen molar-refractivity contribution in [1.82, 2.24) is 20.2 Å². The lowest BCUT2D eigenvalue weighted by atomic mass is 10.2. The van der Waals surface area contributed by atoms with Crippen LogP contribution in [-0.2, 0) is 24.9 Å². The summed E-state index contributed by atoms with van der Waals surface area (Å²) in [5.74, 6) is 1.92. The Hall–Kier alpha value is -2.62. The topological polar surface area (TPSA) is 74.6 Å². The van der Waals surface area contributed by atoms with E-state index in [2.05, 4.69) is 21.3 Å². The lowest BCUT2D eigenvalue weighted by Crippen LogP contribution is -2.37. The second-order valence-electron chi connectivity index (χ2n) is 7.44. The maximum absolute atomic E-state index is 11.9. The second kappa shape index (κ2) is 10.6. The summed E-state index contributed by atoms with van der Waals surface area (Å²) < 4.78 is 2.10. The Balaban J connectivity index is 0.00000272. The number of halogens is 1. The van der Waals surface area contributed by atoms with E-state index in [0.29, 0.717) is 19.5 Å². The van der Waals surface area contributed by atoms with E-state index in [4.69, 9.17) is 9.98 Å². The van der Waals surface area contributed by atoms with Crippen LogP contribution in [0.2, 0.25) is 0 Å². The van der Waals surface area contributed by atoms with Crippen molar-refractivity contribution < 1.29 is 4.79 Å². The van der Waals surface area contributed by atoms with Gasteiger partial charge in [0.05, 0.1) is 24.1 Å². The molecule has 0 atom stereocenters. The van der Waals surface area contributed by atoms with Gasteiger partial charge in [0.2, 0.25) is 5.91 Å². The van der Waals surface area contributed by atoms with Gasteiger partial charge in [-0.1, -0.05) is 24.3 Å². The fourth-order valence-electron chi connectivity index (χ4n) is 3.73. The Labute approximate surface area is 200 Å². The number of hydrogen-bond acceptors (Lipinski definition) is 3. The molecule has 0 aliphatic carbocycles. The van der Waals surface area contributed by atoms with Crippen molar-refractivity contribution in [3.63, 3.8) is 0 Å². The van der Waals surface area contributed by atoms with Crippen molar-refractivity contribution in [2.24, 2.45) is 12.0 Å². The van der Waals surface area contributed by atoms with Gasteiger partial charge in [-0.25, -0.2) is 9.98 Å². The number of amides is 1. The zero-order valence-electron chi connectivity index (χ0n) is 18.0. The molecule has 1 aliphatic rings. The molecule has 0 unspecified atom stereocenters. The smallest absolute Gasteiger partial charge is 0.227 e. The van der Waals surface area contributed by atoms with E-state index >= 15 is 0 Å². The number of aromatic nitrogens is 2. The average molecular weight is 532 g/mol. The van der Waals surface area contributed by atoms with Crippen LogP contribution in [0.5, 0.6) is 0 Å². The maximum Gasteiger partial charge on any atom is 0.227 e. The van der Waals surface area contributed by atoms with Gasteiger partial charge >= 0.3 is 0 Å². The third-order valence-electron chi connectivity index (χ3n) is 5.38. The lowest BCUT2D eigenvalue weighted by molar-refractivity contribution is -0.117. The molecule has 2 heterocycles. The minimum atomic E-state index is 0. The van der Waals surface area contributed by atoms with Crippen LogP contribution in [0.3, 0.4) is 0 Å². The molecule has 8 heteroatoms. The summed E-state index contributed by atoms with van der Waals surface area (Å²) in [5, 5.41) is 6.66. The Morgan fingerprint density at radius 3 is 2.58 bits per heavy atom. The number of carbonyl (C=O) groups is 1. The predicted octanol–water partition coefficient (Wildman–Crippen LogP) is 3.57. The molecule has 4 rings (SSSR count). The minimum absolute atomic E-state index is 0. The molecule has 1 fully saturated rings. The van der Waals surface area contributed by atoms with Crippen LogP contribution in [0.25, 0.3) is 11.0 Å². The molecule has 1 aromatic heterocycles. The zero-order chi connectivity index (χ0) is 20.9. The number of nitrogens with one attached hydrogen (secondary N) is 2. The Bertz CT molecular complexity index is 1060. The van der Waals surface area contributed by atoms with E-state index < -0.39 is 0 Å². The number of para-hydroxylation sites is 2. The first-order valence-corrected chi connectivity index (χ1v) is 10.5. The first-order valence-electron chi connectivity index (χ1n) is 10.5. The number of rotatable bonds is 6. The summed E-state index contributed by atoms with van der Waals surface area (Å²) >= 11 is 0. The van der Waals surface area contributed by atoms with Gasteiger partial charge in [0.25, 0.3) is 0 Å². The largest absolute Gasteiger partial charge is 0.357 e. The standard InChI is InChI=1S/C23H28N6O.HI/c1-3-24-23(26-16-21-27-19-7-4-5-8-20(19)28(21)2)25-15-17-10-12-18(13-11-17)29-14-6-9-22(29)30;/h4-5,7-8,10-13H,3,6,9,14-16H2,1-2H3,(H2,24,25,26);1H. The average Bonchev–Trinajstić information content (AvgIpc) is 3.34. The number of aliphatic imine (C=N–C) groups is 1. The van der Waals surface area contributed by atoms with Gasteiger partial charge < -0.3 is 20.1 Å². The highest BCUT2D eigenvalue weighted by Gasteiger charge is 2.21. The van der Waals surface area contributed by atoms with Crippen LogP contribution in [0.15, 0.2) is 53.5 Å². The highest BCUT2D eigenvalue weighted by molar-refractivity contribution is 14.0. The summed E-state index contributed by atoms with van der Waals surface area (Å²) in [7, 11) is 2.03.